The minimum Gasteiger partial charge on any atom is -0.454 e. The molecule has 2 aliphatic rings. The van der Waals surface area contributed by atoms with Gasteiger partial charge in [0.2, 0.25) is 12.7 Å². The number of carbonyl (C=O) groups excluding carboxylic acids is 1. The maximum absolute atomic E-state index is 12.1. The second kappa shape index (κ2) is 5.13. The summed E-state index contributed by atoms with van der Waals surface area (Å²) in [5, 5.41) is 3.33. The van der Waals surface area contributed by atoms with Crippen LogP contribution in [0.25, 0.3) is 0 Å². The monoisotopic (exact) mass is 279 g/mol. The summed E-state index contributed by atoms with van der Waals surface area (Å²) >= 11 is 6.13. The Bertz CT molecular complexity index is 542. The Morgan fingerprint density at radius 1 is 1.26 bits per heavy atom. The van der Waals surface area contributed by atoms with Gasteiger partial charge in [0.05, 0.1) is 10.7 Å². The predicted molar refractivity (Wildman–Crippen MR) is 72.7 cm³/mol. The summed E-state index contributed by atoms with van der Waals surface area (Å²) in [4.78, 5) is 12.1. The Hall–Kier alpha value is -1.68. The quantitative estimate of drug-likeness (QED) is 0.845. The van der Waals surface area contributed by atoms with Crippen molar-refractivity contribution in [3.63, 3.8) is 0 Å². The molecule has 1 N–H and O–H groups in total. The average molecular weight is 280 g/mol. The van der Waals surface area contributed by atoms with Crippen molar-refractivity contribution >= 4 is 23.2 Å². The summed E-state index contributed by atoms with van der Waals surface area (Å²) in [6, 6.07) is 3.38. The first-order chi connectivity index (χ1) is 9.24. The predicted octanol–water partition coefficient (Wildman–Crippen LogP) is 3.36. The Morgan fingerprint density at radius 3 is 2.79 bits per heavy atom. The number of fused-ring (bicyclic) bond motifs is 1. The van der Waals surface area contributed by atoms with E-state index in [-0.39, 0.29) is 18.6 Å². The molecule has 0 bridgehead atoms. The molecular formula is C14H14ClNO3. The Labute approximate surface area is 116 Å². The number of carbonyl (C=O) groups is 1. The van der Waals surface area contributed by atoms with Gasteiger partial charge in [-0.25, -0.2) is 0 Å². The number of anilines is 1. The SMILES string of the molecule is O=C(Nc1cc2c(cc1Cl)OCO2)[C@H]1CC=CCC1. The van der Waals surface area contributed by atoms with Gasteiger partial charge in [-0.3, -0.25) is 4.79 Å². The Kier molecular flexibility index (Phi) is 3.34. The molecule has 0 saturated carbocycles. The largest absolute Gasteiger partial charge is 0.454 e. The number of halogens is 1. The normalized spacial score (nSPS) is 20.4. The van der Waals surface area contributed by atoms with Crippen LogP contribution in [0, 0.1) is 5.92 Å². The van der Waals surface area contributed by atoms with Crippen molar-refractivity contribution in [3.05, 3.63) is 29.3 Å². The molecule has 0 radical (unpaired) electrons. The van der Waals surface area contributed by atoms with Gasteiger partial charge in [0, 0.05) is 18.1 Å². The summed E-state index contributed by atoms with van der Waals surface area (Å²) in [5.74, 6) is 1.25. The molecule has 1 heterocycles. The smallest absolute Gasteiger partial charge is 0.231 e. The van der Waals surface area contributed by atoms with Crippen molar-refractivity contribution in [2.24, 2.45) is 5.92 Å². The maximum Gasteiger partial charge on any atom is 0.231 e. The van der Waals surface area contributed by atoms with E-state index in [1.807, 2.05) is 0 Å². The lowest BCUT2D eigenvalue weighted by Gasteiger charge is -2.17. The molecule has 0 spiro atoms. The molecule has 1 atom stereocenters. The third-order valence-electron chi connectivity index (χ3n) is 3.36. The zero-order chi connectivity index (χ0) is 13.2. The number of hydrogen-bond donors (Lipinski definition) is 1. The van der Waals surface area contributed by atoms with Crippen LogP contribution in [-0.2, 0) is 4.79 Å². The molecule has 1 aromatic rings. The van der Waals surface area contributed by atoms with E-state index in [9.17, 15) is 4.79 Å². The lowest BCUT2D eigenvalue weighted by atomic mass is 9.93. The molecular weight excluding hydrogens is 266 g/mol. The number of ether oxygens (including phenoxy) is 2. The van der Waals surface area contributed by atoms with Crippen LogP contribution < -0.4 is 14.8 Å². The number of benzene rings is 1. The molecule has 4 nitrogen and oxygen atoms in total. The van der Waals surface area contributed by atoms with E-state index < -0.39 is 0 Å². The van der Waals surface area contributed by atoms with Crippen LogP contribution in [-0.4, -0.2) is 12.7 Å². The number of allylic oxidation sites excluding steroid dienone is 2. The van der Waals surface area contributed by atoms with E-state index in [1.165, 1.54) is 0 Å². The summed E-state index contributed by atoms with van der Waals surface area (Å²) in [6.45, 7) is 0.191. The fraction of sp³-hybridized carbons (Fsp3) is 0.357. The number of rotatable bonds is 2. The summed E-state index contributed by atoms with van der Waals surface area (Å²) in [6.07, 6.45) is 6.78. The fourth-order valence-corrected chi connectivity index (χ4v) is 2.48. The lowest BCUT2D eigenvalue weighted by molar-refractivity contribution is -0.120. The van der Waals surface area contributed by atoms with Gasteiger partial charge in [0.15, 0.2) is 11.5 Å². The van der Waals surface area contributed by atoms with E-state index >= 15 is 0 Å². The van der Waals surface area contributed by atoms with Gasteiger partial charge in [-0.1, -0.05) is 23.8 Å². The van der Waals surface area contributed by atoms with Gasteiger partial charge in [0.1, 0.15) is 0 Å². The fourth-order valence-electron chi connectivity index (χ4n) is 2.28. The van der Waals surface area contributed by atoms with Crippen LogP contribution in [0.4, 0.5) is 5.69 Å². The summed E-state index contributed by atoms with van der Waals surface area (Å²) in [7, 11) is 0. The van der Waals surface area contributed by atoms with Crippen molar-refractivity contribution in [2.45, 2.75) is 19.3 Å². The molecule has 19 heavy (non-hydrogen) atoms. The van der Waals surface area contributed by atoms with Gasteiger partial charge in [-0.15, -0.1) is 0 Å². The third-order valence-corrected chi connectivity index (χ3v) is 3.67. The topological polar surface area (TPSA) is 47.6 Å². The minimum atomic E-state index is 0.00474. The molecule has 1 aliphatic heterocycles. The number of amides is 1. The molecule has 0 fully saturated rings. The molecule has 100 valence electrons. The maximum atomic E-state index is 12.1. The molecule has 1 amide bonds. The van der Waals surface area contributed by atoms with Gasteiger partial charge in [-0.2, -0.15) is 0 Å². The first kappa shape index (κ1) is 12.4. The molecule has 3 rings (SSSR count). The molecule has 0 unspecified atom stereocenters. The highest BCUT2D eigenvalue weighted by Crippen LogP contribution is 2.39. The van der Waals surface area contributed by atoms with Crippen LogP contribution in [0.2, 0.25) is 5.02 Å². The first-order valence-electron chi connectivity index (χ1n) is 6.29. The van der Waals surface area contributed by atoms with E-state index in [0.717, 1.165) is 19.3 Å². The molecule has 1 aromatic carbocycles. The van der Waals surface area contributed by atoms with Crippen LogP contribution >= 0.6 is 11.6 Å². The van der Waals surface area contributed by atoms with Crippen LogP contribution in [0.5, 0.6) is 11.5 Å². The highest BCUT2D eigenvalue weighted by Gasteiger charge is 2.22. The van der Waals surface area contributed by atoms with Crippen LogP contribution in [0.3, 0.4) is 0 Å². The van der Waals surface area contributed by atoms with Gasteiger partial charge in [0.25, 0.3) is 0 Å². The highest BCUT2D eigenvalue weighted by atomic mass is 35.5. The molecule has 0 aromatic heterocycles. The van der Waals surface area contributed by atoms with Gasteiger partial charge in [-0.05, 0) is 19.3 Å². The van der Waals surface area contributed by atoms with E-state index in [4.69, 9.17) is 21.1 Å². The highest BCUT2D eigenvalue weighted by molar-refractivity contribution is 6.34. The first-order valence-corrected chi connectivity index (χ1v) is 6.67. The van der Waals surface area contributed by atoms with Crippen molar-refractivity contribution in [2.75, 3.05) is 12.1 Å². The summed E-state index contributed by atoms with van der Waals surface area (Å²) in [5.41, 5.74) is 0.575. The third kappa shape index (κ3) is 2.54. The molecule has 1 aliphatic carbocycles. The van der Waals surface area contributed by atoms with Crippen molar-refractivity contribution in [1.82, 2.24) is 0 Å². The zero-order valence-corrected chi connectivity index (χ0v) is 11.1. The second-order valence-electron chi connectivity index (χ2n) is 4.66. The van der Waals surface area contributed by atoms with Crippen molar-refractivity contribution in [3.8, 4) is 11.5 Å². The summed E-state index contributed by atoms with van der Waals surface area (Å²) < 4.78 is 10.5. The van der Waals surface area contributed by atoms with E-state index in [1.54, 1.807) is 12.1 Å². The van der Waals surface area contributed by atoms with Crippen LogP contribution in [0.1, 0.15) is 19.3 Å². The minimum absolute atomic E-state index is 0.00474. The lowest BCUT2D eigenvalue weighted by Crippen LogP contribution is -2.23. The molecule has 0 saturated heterocycles. The van der Waals surface area contributed by atoms with Gasteiger partial charge < -0.3 is 14.8 Å². The van der Waals surface area contributed by atoms with E-state index in [2.05, 4.69) is 17.5 Å². The second-order valence-corrected chi connectivity index (χ2v) is 5.06. The van der Waals surface area contributed by atoms with Crippen LogP contribution in [0.15, 0.2) is 24.3 Å². The Balaban J connectivity index is 1.76. The van der Waals surface area contributed by atoms with Gasteiger partial charge >= 0.3 is 0 Å². The number of nitrogens with one attached hydrogen (secondary N) is 1. The van der Waals surface area contributed by atoms with Crippen molar-refractivity contribution < 1.29 is 14.3 Å². The van der Waals surface area contributed by atoms with E-state index in [0.29, 0.717) is 22.2 Å². The zero-order valence-electron chi connectivity index (χ0n) is 10.3. The number of hydrogen-bond acceptors (Lipinski definition) is 3. The standard InChI is InChI=1S/C14H14ClNO3/c15-10-6-12-13(19-8-18-12)7-11(10)16-14(17)9-4-2-1-3-5-9/h1-2,6-7,9H,3-5,8H2,(H,16,17)/t9-/m0/s1. The Morgan fingerprint density at radius 2 is 2.05 bits per heavy atom. The average Bonchev–Trinajstić information content (AvgIpc) is 2.87. The van der Waals surface area contributed by atoms with Crippen molar-refractivity contribution in [1.29, 1.82) is 0 Å². The molecule has 5 heteroatoms.